The molecule has 2 aromatic heterocycles. The molecule has 0 spiro atoms. The summed E-state index contributed by atoms with van der Waals surface area (Å²) < 4.78 is 0. The summed E-state index contributed by atoms with van der Waals surface area (Å²) in [6.45, 7) is 2.71. The van der Waals surface area contributed by atoms with Gasteiger partial charge in [0.1, 0.15) is 17.8 Å². The molecule has 2 aliphatic heterocycles. The lowest BCUT2D eigenvalue weighted by atomic mass is 10.1. The van der Waals surface area contributed by atoms with Gasteiger partial charge in [0.2, 0.25) is 0 Å². The van der Waals surface area contributed by atoms with Crippen LogP contribution in [0.4, 0.5) is 5.82 Å². The van der Waals surface area contributed by atoms with Crippen LogP contribution in [0.2, 0.25) is 0 Å². The Hall–Kier alpha value is -2.06. The van der Waals surface area contributed by atoms with Crippen molar-refractivity contribution in [3.63, 3.8) is 0 Å². The number of H-pyrrole nitrogens is 1. The third kappa shape index (κ3) is 3.64. The van der Waals surface area contributed by atoms with Gasteiger partial charge in [-0.2, -0.15) is 0 Å². The lowest BCUT2D eigenvalue weighted by Crippen LogP contribution is -2.42. The topological polar surface area (TPSA) is 85.9 Å². The molecule has 0 saturated carbocycles. The first kappa shape index (κ1) is 16.4. The van der Waals surface area contributed by atoms with Crippen LogP contribution in [0.25, 0.3) is 11.0 Å². The average Bonchev–Trinajstić information content (AvgIpc) is 2.99. The van der Waals surface area contributed by atoms with E-state index in [1.54, 1.807) is 18.1 Å². The van der Waals surface area contributed by atoms with Crippen LogP contribution < -0.4 is 15.5 Å². The van der Waals surface area contributed by atoms with Gasteiger partial charge in [0.15, 0.2) is 0 Å². The largest absolute Gasteiger partial charge is 0.348 e. The first-order valence-corrected chi connectivity index (χ1v) is 9.71. The molecule has 3 N–H and O–H groups in total. The van der Waals surface area contributed by atoms with Crippen LogP contribution >= 0.6 is 11.8 Å². The molecule has 4 rings (SSSR count). The van der Waals surface area contributed by atoms with Crippen molar-refractivity contribution in [3.8, 4) is 0 Å². The fraction of sp³-hybridized carbons (Fsp3) is 0.471. The molecule has 2 aromatic rings. The Morgan fingerprint density at radius 2 is 2.32 bits per heavy atom. The molecule has 1 amide bonds. The lowest BCUT2D eigenvalue weighted by molar-refractivity contribution is -0.117. The molecule has 132 valence electrons. The number of carbonyl (C=O) groups is 1. The number of hydrogen-bond acceptors (Lipinski definition) is 6. The average molecular weight is 358 g/mol. The Morgan fingerprint density at radius 3 is 3.28 bits per heavy atom. The molecule has 2 aliphatic rings. The van der Waals surface area contributed by atoms with Crippen molar-refractivity contribution >= 4 is 34.5 Å². The Balaban J connectivity index is 1.52. The van der Waals surface area contributed by atoms with Crippen molar-refractivity contribution in [1.29, 1.82) is 0 Å². The van der Waals surface area contributed by atoms with Gasteiger partial charge in [-0.05, 0) is 25.5 Å². The summed E-state index contributed by atoms with van der Waals surface area (Å²) in [5, 5.41) is 7.53. The van der Waals surface area contributed by atoms with Crippen LogP contribution in [0.5, 0.6) is 0 Å². The number of aromatic nitrogens is 3. The second kappa shape index (κ2) is 7.45. The van der Waals surface area contributed by atoms with E-state index in [1.165, 1.54) is 6.42 Å². The Morgan fingerprint density at radius 1 is 1.36 bits per heavy atom. The molecule has 0 aromatic carbocycles. The van der Waals surface area contributed by atoms with Crippen molar-refractivity contribution in [2.24, 2.45) is 0 Å². The number of nitrogens with zero attached hydrogens (tertiary/aromatic N) is 3. The molecule has 0 radical (unpaired) electrons. The molecule has 0 aliphatic carbocycles. The smallest absolute Gasteiger partial charge is 0.259 e. The summed E-state index contributed by atoms with van der Waals surface area (Å²) >= 11 is 1.61. The fourth-order valence-electron chi connectivity index (χ4n) is 3.27. The predicted octanol–water partition coefficient (Wildman–Crippen LogP) is 1.61. The Kier molecular flexibility index (Phi) is 4.89. The van der Waals surface area contributed by atoms with Gasteiger partial charge in [-0.15, -0.1) is 11.8 Å². The maximum absolute atomic E-state index is 12.7. The van der Waals surface area contributed by atoms with Gasteiger partial charge in [0.25, 0.3) is 5.91 Å². The number of fused-ring (bicyclic) bond motifs is 1. The molecule has 4 heterocycles. The fourth-order valence-corrected chi connectivity index (χ4v) is 4.17. The number of nitrogens with one attached hydrogen (secondary N) is 3. The van der Waals surface area contributed by atoms with Crippen LogP contribution in [0.1, 0.15) is 19.3 Å². The van der Waals surface area contributed by atoms with Gasteiger partial charge in [0, 0.05) is 37.3 Å². The highest BCUT2D eigenvalue weighted by atomic mass is 32.2. The molecular weight excluding hydrogens is 336 g/mol. The van der Waals surface area contributed by atoms with Crippen LogP contribution in [-0.4, -0.2) is 52.3 Å². The van der Waals surface area contributed by atoms with E-state index in [0.717, 1.165) is 60.0 Å². The van der Waals surface area contributed by atoms with E-state index in [4.69, 9.17) is 0 Å². The molecule has 1 atom stereocenters. The Bertz CT molecular complexity index is 780. The van der Waals surface area contributed by atoms with E-state index in [2.05, 4.69) is 30.5 Å². The third-order valence-corrected chi connectivity index (χ3v) is 5.56. The van der Waals surface area contributed by atoms with Crippen LogP contribution in [0.3, 0.4) is 0 Å². The van der Waals surface area contributed by atoms with Crippen molar-refractivity contribution in [2.45, 2.75) is 25.3 Å². The van der Waals surface area contributed by atoms with Gasteiger partial charge < -0.3 is 20.5 Å². The molecule has 0 bridgehead atoms. The first-order chi connectivity index (χ1) is 12.3. The summed E-state index contributed by atoms with van der Waals surface area (Å²) in [5.74, 6) is 1.72. The van der Waals surface area contributed by atoms with Crippen molar-refractivity contribution < 1.29 is 4.79 Å². The first-order valence-electron chi connectivity index (χ1n) is 8.72. The van der Waals surface area contributed by atoms with Crippen LogP contribution in [0, 0.1) is 0 Å². The maximum atomic E-state index is 12.7. The maximum Gasteiger partial charge on any atom is 0.259 e. The number of rotatable bonds is 3. The standard InChI is InChI=1S/C17H22N6OS/c24-17(22-12-3-1-2-5-18-9-12)14-10-23(7-8-25-14)16-13-4-6-19-15(13)20-11-21-16/h4,6,10-12,18H,1-3,5,7-9H2,(H,22,24)(H,19,20,21)/t12-/m1/s1. The monoisotopic (exact) mass is 358 g/mol. The minimum atomic E-state index is 0.0165. The number of hydrogen-bond donors (Lipinski definition) is 3. The molecule has 25 heavy (non-hydrogen) atoms. The minimum absolute atomic E-state index is 0.0165. The second-order valence-corrected chi connectivity index (χ2v) is 7.48. The zero-order valence-corrected chi connectivity index (χ0v) is 14.8. The third-order valence-electron chi connectivity index (χ3n) is 4.57. The van der Waals surface area contributed by atoms with Gasteiger partial charge in [-0.3, -0.25) is 4.79 Å². The van der Waals surface area contributed by atoms with Crippen molar-refractivity contribution in [1.82, 2.24) is 25.6 Å². The van der Waals surface area contributed by atoms with Crippen molar-refractivity contribution in [3.05, 3.63) is 29.7 Å². The molecule has 0 unspecified atom stereocenters. The van der Waals surface area contributed by atoms with E-state index < -0.39 is 0 Å². The highest BCUT2D eigenvalue weighted by Gasteiger charge is 2.22. The highest BCUT2D eigenvalue weighted by Crippen LogP contribution is 2.29. The molecular formula is C17H22N6OS. The molecule has 8 heteroatoms. The van der Waals surface area contributed by atoms with Crippen LogP contribution in [-0.2, 0) is 4.79 Å². The van der Waals surface area contributed by atoms with Gasteiger partial charge >= 0.3 is 0 Å². The van der Waals surface area contributed by atoms with E-state index >= 15 is 0 Å². The van der Waals surface area contributed by atoms with Gasteiger partial charge in [-0.25, -0.2) is 9.97 Å². The van der Waals surface area contributed by atoms with E-state index in [-0.39, 0.29) is 11.9 Å². The highest BCUT2D eigenvalue weighted by molar-refractivity contribution is 8.04. The summed E-state index contributed by atoms with van der Waals surface area (Å²) in [6.07, 6.45) is 8.71. The normalized spacial score (nSPS) is 21.7. The SMILES string of the molecule is O=C(N[C@@H]1CCCCNC1)C1=CN(c2ncnc3[nH]ccc23)CCS1. The number of anilines is 1. The molecule has 1 saturated heterocycles. The zero-order valence-electron chi connectivity index (χ0n) is 14.0. The van der Waals surface area contributed by atoms with E-state index in [1.807, 2.05) is 18.5 Å². The number of carbonyl (C=O) groups excluding carboxylic acids is 1. The van der Waals surface area contributed by atoms with E-state index in [0.29, 0.717) is 0 Å². The summed E-state index contributed by atoms with van der Waals surface area (Å²) in [5.41, 5.74) is 0.812. The summed E-state index contributed by atoms with van der Waals surface area (Å²) in [6, 6.07) is 2.18. The number of thioether (sulfide) groups is 1. The number of aromatic amines is 1. The van der Waals surface area contributed by atoms with E-state index in [9.17, 15) is 4.79 Å². The quantitative estimate of drug-likeness (QED) is 0.773. The van der Waals surface area contributed by atoms with Gasteiger partial charge in [0.05, 0.1) is 10.3 Å². The Labute approximate surface area is 150 Å². The number of amides is 1. The lowest BCUT2D eigenvalue weighted by Gasteiger charge is -2.26. The van der Waals surface area contributed by atoms with Gasteiger partial charge in [-0.1, -0.05) is 6.42 Å². The zero-order chi connectivity index (χ0) is 17.1. The van der Waals surface area contributed by atoms with Crippen LogP contribution in [0.15, 0.2) is 29.7 Å². The summed E-state index contributed by atoms with van der Waals surface area (Å²) in [4.78, 5) is 27.2. The predicted molar refractivity (Wildman–Crippen MR) is 100 cm³/mol. The minimum Gasteiger partial charge on any atom is -0.348 e. The second-order valence-electron chi connectivity index (χ2n) is 6.34. The molecule has 1 fully saturated rings. The summed E-state index contributed by atoms with van der Waals surface area (Å²) in [7, 11) is 0. The van der Waals surface area contributed by atoms with Crippen molar-refractivity contribution in [2.75, 3.05) is 30.3 Å². The molecule has 7 nitrogen and oxygen atoms in total.